The van der Waals surface area contributed by atoms with Gasteiger partial charge >= 0.3 is 0 Å². The number of hydrogen-bond acceptors (Lipinski definition) is 3. The minimum Gasteiger partial charge on any atom is -0.490 e. The summed E-state index contributed by atoms with van der Waals surface area (Å²) < 4.78 is 18.5. The second kappa shape index (κ2) is 10.9. The van der Waals surface area contributed by atoms with E-state index in [1.807, 2.05) is 36.4 Å². The molecule has 3 rings (SSSR count). The van der Waals surface area contributed by atoms with Gasteiger partial charge in [0.2, 0.25) is 0 Å². The Labute approximate surface area is 177 Å². The van der Waals surface area contributed by atoms with Crippen molar-refractivity contribution in [3.8, 4) is 40.0 Å². The van der Waals surface area contributed by atoms with Crippen LogP contribution in [0.15, 0.2) is 73.7 Å². The van der Waals surface area contributed by atoms with Gasteiger partial charge in [0.1, 0.15) is 12.4 Å². The molecule has 152 valence electrons. The molecule has 4 heteroatoms. The van der Waals surface area contributed by atoms with Gasteiger partial charge in [-0.05, 0) is 55.2 Å². The number of hydrogen-bond donors (Lipinski definition) is 0. The highest BCUT2D eigenvalue weighted by Crippen LogP contribution is 2.32. The molecule has 0 bridgehead atoms. The summed E-state index contributed by atoms with van der Waals surface area (Å²) in [5, 5.41) is 0. The summed E-state index contributed by atoms with van der Waals surface area (Å²) in [6.07, 6.45) is 8.03. The summed E-state index contributed by atoms with van der Waals surface area (Å²) in [5.41, 5.74) is 4.75. The Hall–Kier alpha value is -3.45. The summed E-state index contributed by atoms with van der Waals surface area (Å²) in [6.45, 7) is 5.72. The van der Waals surface area contributed by atoms with Crippen molar-refractivity contribution in [3.63, 3.8) is 0 Å². The van der Waals surface area contributed by atoms with E-state index in [4.69, 9.17) is 4.74 Å². The summed E-state index contributed by atoms with van der Waals surface area (Å²) in [5.74, 6) is 7.13. The first-order valence-corrected chi connectivity index (χ1v) is 10.0. The van der Waals surface area contributed by atoms with Crippen LogP contribution in [0.3, 0.4) is 0 Å². The molecular formula is C26H25FN2O. The molecule has 0 aliphatic heterocycles. The molecule has 1 atom stereocenters. The molecule has 30 heavy (non-hydrogen) atoms. The average Bonchev–Trinajstić information content (AvgIpc) is 2.78. The number of ether oxygens (including phenoxy) is 1. The zero-order valence-corrected chi connectivity index (χ0v) is 17.1. The van der Waals surface area contributed by atoms with Crippen molar-refractivity contribution >= 4 is 0 Å². The molecule has 2 aromatic carbocycles. The van der Waals surface area contributed by atoms with Gasteiger partial charge in [0.05, 0.1) is 18.1 Å². The van der Waals surface area contributed by atoms with Gasteiger partial charge in [0.25, 0.3) is 0 Å². The Morgan fingerprint density at radius 1 is 1.13 bits per heavy atom. The van der Waals surface area contributed by atoms with Gasteiger partial charge in [-0.2, -0.15) is 0 Å². The van der Waals surface area contributed by atoms with Crippen LogP contribution in [0.2, 0.25) is 0 Å². The largest absolute Gasteiger partial charge is 0.490 e. The molecule has 0 saturated heterocycles. The van der Waals surface area contributed by atoms with Gasteiger partial charge in [0, 0.05) is 29.9 Å². The molecular weight excluding hydrogens is 375 g/mol. The fraction of sp³-hybridized carbons (Fsp3) is 0.231. The smallest absolute Gasteiger partial charge is 0.119 e. The molecule has 3 aromatic rings. The summed E-state index contributed by atoms with van der Waals surface area (Å²) >= 11 is 0. The van der Waals surface area contributed by atoms with E-state index in [2.05, 4.69) is 34.5 Å². The van der Waals surface area contributed by atoms with Gasteiger partial charge in [-0.25, -0.2) is 4.39 Å². The minimum atomic E-state index is -0.775. The highest BCUT2D eigenvalue weighted by molar-refractivity contribution is 5.82. The Balaban J connectivity index is 1.89. The van der Waals surface area contributed by atoms with Gasteiger partial charge < -0.3 is 4.74 Å². The van der Waals surface area contributed by atoms with Crippen molar-refractivity contribution in [3.05, 3.63) is 79.3 Å². The highest BCUT2D eigenvalue weighted by atomic mass is 19.1. The number of alkyl halides is 1. The van der Waals surface area contributed by atoms with E-state index in [9.17, 15) is 4.39 Å². The van der Waals surface area contributed by atoms with Crippen molar-refractivity contribution in [2.45, 2.75) is 32.4 Å². The maximum atomic E-state index is 12.9. The first-order valence-electron chi connectivity index (χ1n) is 10.0. The Kier molecular flexibility index (Phi) is 7.74. The summed E-state index contributed by atoms with van der Waals surface area (Å²) in [6, 6.07) is 14.0. The van der Waals surface area contributed by atoms with Crippen molar-refractivity contribution in [2.24, 2.45) is 0 Å². The third-order valence-electron chi connectivity index (χ3n) is 4.53. The Morgan fingerprint density at radius 3 is 2.67 bits per heavy atom. The Morgan fingerprint density at radius 2 is 1.97 bits per heavy atom. The number of nitrogens with zero attached hydrogens (tertiary/aromatic N) is 2. The van der Waals surface area contributed by atoms with Gasteiger partial charge in [-0.3, -0.25) is 9.97 Å². The maximum Gasteiger partial charge on any atom is 0.119 e. The third-order valence-corrected chi connectivity index (χ3v) is 4.53. The van der Waals surface area contributed by atoms with Crippen LogP contribution in [-0.2, 0) is 0 Å². The lowest BCUT2D eigenvalue weighted by Gasteiger charge is -2.11. The fourth-order valence-electron chi connectivity index (χ4n) is 3.05. The predicted molar refractivity (Wildman–Crippen MR) is 120 cm³/mol. The van der Waals surface area contributed by atoms with Crippen LogP contribution in [0.5, 0.6) is 5.75 Å². The lowest BCUT2D eigenvalue weighted by atomic mass is 9.95. The molecule has 0 saturated carbocycles. The molecule has 1 aromatic heterocycles. The molecule has 0 spiro atoms. The van der Waals surface area contributed by atoms with E-state index in [1.54, 1.807) is 31.6 Å². The van der Waals surface area contributed by atoms with E-state index >= 15 is 0 Å². The molecule has 0 radical (unpaired) electrons. The van der Waals surface area contributed by atoms with Crippen molar-refractivity contribution < 1.29 is 9.13 Å². The van der Waals surface area contributed by atoms with Gasteiger partial charge in [-0.1, -0.05) is 42.7 Å². The van der Waals surface area contributed by atoms with Crippen LogP contribution in [0.25, 0.3) is 22.4 Å². The highest BCUT2D eigenvalue weighted by Gasteiger charge is 2.10. The van der Waals surface area contributed by atoms with E-state index in [0.29, 0.717) is 19.4 Å². The molecule has 0 aliphatic rings. The zero-order chi connectivity index (χ0) is 21.2. The van der Waals surface area contributed by atoms with E-state index < -0.39 is 6.17 Å². The van der Waals surface area contributed by atoms with E-state index in [-0.39, 0.29) is 0 Å². The third kappa shape index (κ3) is 6.02. The molecule has 3 nitrogen and oxygen atoms in total. The number of aromatic nitrogens is 2. The van der Waals surface area contributed by atoms with Crippen LogP contribution < -0.4 is 4.74 Å². The van der Waals surface area contributed by atoms with Crippen LogP contribution in [0.1, 0.15) is 31.7 Å². The normalized spacial score (nSPS) is 11.3. The van der Waals surface area contributed by atoms with Gasteiger partial charge in [0.15, 0.2) is 0 Å². The minimum absolute atomic E-state index is 0.474. The quantitative estimate of drug-likeness (QED) is 0.254. The lowest BCUT2D eigenvalue weighted by Crippen LogP contribution is -1.93. The molecule has 0 amide bonds. The number of unbranched alkanes of at least 4 members (excludes halogenated alkanes) is 1. The fourth-order valence-corrected chi connectivity index (χ4v) is 3.05. The zero-order valence-electron chi connectivity index (χ0n) is 17.1. The second-order valence-corrected chi connectivity index (χ2v) is 6.95. The number of rotatable bonds is 8. The molecule has 0 N–H and O–H groups in total. The maximum absolute atomic E-state index is 12.9. The van der Waals surface area contributed by atoms with Gasteiger partial charge in [-0.15, -0.1) is 0 Å². The Bertz CT molecular complexity index is 1020. The second-order valence-electron chi connectivity index (χ2n) is 6.95. The van der Waals surface area contributed by atoms with E-state index in [1.165, 1.54) is 0 Å². The van der Waals surface area contributed by atoms with Crippen molar-refractivity contribution in [2.75, 3.05) is 6.61 Å². The molecule has 0 fully saturated rings. The first-order chi connectivity index (χ1) is 14.7. The van der Waals surface area contributed by atoms with Crippen LogP contribution in [-0.4, -0.2) is 22.7 Å². The molecule has 1 unspecified atom stereocenters. The monoisotopic (exact) mass is 400 g/mol. The van der Waals surface area contributed by atoms with Crippen molar-refractivity contribution in [1.29, 1.82) is 0 Å². The lowest BCUT2D eigenvalue weighted by molar-refractivity contribution is 0.336. The average molecular weight is 400 g/mol. The topological polar surface area (TPSA) is 35.0 Å². The van der Waals surface area contributed by atoms with Crippen LogP contribution in [0.4, 0.5) is 4.39 Å². The first kappa shape index (κ1) is 21.3. The number of halogens is 1. The summed E-state index contributed by atoms with van der Waals surface area (Å²) in [4.78, 5) is 8.69. The number of benzene rings is 2. The molecule has 1 heterocycles. The predicted octanol–water partition coefficient (Wildman–Crippen LogP) is 6.26. The standard InChI is InChI=1S/C26H25FN2O/c1-3-17-30-23-12-10-22(11-13-23)24-14-9-21(8-6-4-5-7-20(2)27)18-25(24)26-19-28-15-16-29-26/h3,9-16,18-20H,1,4-5,7,17H2,2H3. The van der Waals surface area contributed by atoms with E-state index in [0.717, 1.165) is 40.1 Å². The van der Waals surface area contributed by atoms with Crippen LogP contribution in [0, 0.1) is 11.8 Å². The van der Waals surface area contributed by atoms with Crippen LogP contribution >= 0.6 is 0 Å². The van der Waals surface area contributed by atoms with Crippen molar-refractivity contribution in [1.82, 2.24) is 9.97 Å². The SMILES string of the molecule is C=CCOc1ccc(-c2ccc(C#CCCCC(C)F)cc2-c2cnccn2)cc1. The summed E-state index contributed by atoms with van der Waals surface area (Å²) in [7, 11) is 0. The molecule has 0 aliphatic carbocycles.